The molecule has 0 radical (unpaired) electrons. The molecule has 0 N–H and O–H groups in total. The molecule has 0 aromatic heterocycles. The molecule has 0 atom stereocenters. The van der Waals surface area contributed by atoms with Crippen LogP contribution in [0.4, 0.5) is 0 Å². The summed E-state index contributed by atoms with van der Waals surface area (Å²) in [6.45, 7) is 9.17. The van der Waals surface area contributed by atoms with Gasteiger partial charge in [0.05, 0.1) is 0 Å². The molecule has 1 aromatic carbocycles. The van der Waals surface area contributed by atoms with Crippen molar-refractivity contribution in [2.75, 3.05) is 6.54 Å². The van der Waals surface area contributed by atoms with Gasteiger partial charge in [-0.15, -0.1) is 0 Å². The number of aryl methyl sites for hydroxylation is 1. The zero-order valence-electron chi connectivity index (χ0n) is 12.5. The minimum atomic E-state index is 0.102. The maximum Gasteiger partial charge on any atom is 0.246 e. The summed E-state index contributed by atoms with van der Waals surface area (Å²) in [5.74, 6) is 0.102. The van der Waals surface area contributed by atoms with Gasteiger partial charge >= 0.3 is 0 Å². The average Bonchev–Trinajstić information content (AvgIpc) is 2.36. The predicted octanol–water partition coefficient (Wildman–Crippen LogP) is 4.05. The van der Waals surface area contributed by atoms with Crippen LogP contribution in [-0.4, -0.2) is 23.4 Å². The fourth-order valence-electron chi connectivity index (χ4n) is 1.99. The van der Waals surface area contributed by atoms with Crippen molar-refractivity contribution in [2.45, 2.75) is 46.6 Å². The summed E-state index contributed by atoms with van der Waals surface area (Å²) in [7, 11) is 0. The molecule has 2 nitrogen and oxygen atoms in total. The van der Waals surface area contributed by atoms with E-state index in [-0.39, 0.29) is 11.9 Å². The van der Waals surface area contributed by atoms with E-state index < -0.39 is 0 Å². The predicted molar refractivity (Wildman–Crippen MR) is 82.0 cm³/mol. The molecule has 0 aliphatic carbocycles. The normalized spacial score (nSPS) is 11.2. The number of unbranched alkanes of at least 4 members (excludes halogenated alkanes) is 1. The van der Waals surface area contributed by atoms with Crippen LogP contribution in [0.3, 0.4) is 0 Å². The van der Waals surface area contributed by atoms with Gasteiger partial charge in [-0.3, -0.25) is 4.79 Å². The van der Waals surface area contributed by atoms with Crippen molar-refractivity contribution < 1.29 is 4.79 Å². The van der Waals surface area contributed by atoms with Gasteiger partial charge in [-0.25, -0.2) is 0 Å². The summed E-state index contributed by atoms with van der Waals surface area (Å²) < 4.78 is 0. The van der Waals surface area contributed by atoms with Crippen LogP contribution in [0.25, 0.3) is 6.08 Å². The van der Waals surface area contributed by atoms with Gasteiger partial charge in [0.15, 0.2) is 0 Å². The molecule has 0 saturated heterocycles. The first-order valence-electron chi connectivity index (χ1n) is 7.10. The molecule has 0 aliphatic rings. The average molecular weight is 259 g/mol. The number of benzene rings is 1. The lowest BCUT2D eigenvalue weighted by atomic mass is 10.1. The molecule has 0 aliphatic heterocycles. The highest BCUT2D eigenvalue weighted by Crippen LogP contribution is 2.08. The molecule has 2 heteroatoms. The van der Waals surface area contributed by atoms with Gasteiger partial charge < -0.3 is 4.90 Å². The molecular weight excluding hydrogens is 234 g/mol. The molecule has 0 fully saturated rings. The molecule has 0 saturated carbocycles. The number of rotatable bonds is 6. The number of hydrogen-bond acceptors (Lipinski definition) is 1. The van der Waals surface area contributed by atoms with Gasteiger partial charge in [0.25, 0.3) is 0 Å². The Kier molecular flexibility index (Phi) is 6.34. The lowest BCUT2D eigenvalue weighted by Gasteiger charge is -2.25. The van der Waals surface area contributed by atoms with Crippen molar-refractivity contribution in [3.63, 3.8) is 0 Å². The Labute approximate surface area is 117 Å². The lowest BCUT2D eigenvalue weighted by molar-refractivity contribution is -0.127. The maximum atomic E-state index is 12.2. The first-order valence-corrected chi connectivity index (χ1v) is 7.10. The van der Waals surface area contributed by atoms with E-state index in [9.17, 15) is 4.79 Å². The summed E-state index contributed by atoms with van der Waals surface area (Å²) in [5.41, 5.74) is 2.29. The van der Waals surface area contributed by atoms with Gasteiger partial charge in [-0.2, -0.15) is 0 Å². The van der Waals surface area contributed by atoms with Crippen molar-refractivity contribution >= 4 is 12.0 Å². The number of hydrogen-bond donors (Lipinski definition) is 0. The Morgan fingerprint density at radius 1 is 1.37 bits per heavy atom. The van der Waals surface area contributed by atoms with Gasteiger partial charge in [0.2, 0.25) is 5.91 Å². The number of carbonyl (C=O) groups is 1. The fourth-order valence-corrected chi connectivity index (χ4v) is 1.99. The highest BCUT2D eigenvalue weighted by Gasteiger charge is 2.13. The number of amides is 1. The van der Waals surface area contributed by atoms with Gasteiger partial charge in [-0.1, -0.05) is 43.2 Å². The van der Waals surface area contributed by atoms with Gasteiger partial charge in [0.1, 0.15) is 0 Å². The van der Waals surface area contributed by atoms with E-state index in [0.29, 0.717) is 0 Å². The van der Waals surface area contributed by atoms with Crippen LogP contribution >= 0.6 is 0 Å². The van der Waals surface area contributed by atoms with Crippen LogP contribution in [0, 0.1) is 6.92 Å². The SMILES string of the molecule is CCCCN(C(=O)C=Cc1cccc(C)c1)C(C)C. The zero-order valence-corrected chi connectivity index (χ0v) is 12.5. The first-order chi connectivity index (χ1) is 9.04. The fraction of sp³-hybridized carbons (Fsp3) is 0.471. The summed E-state index contributed by atoms with van der Waals surface area (Å²) in [6.07, 6.45) is 5.75. The van der Waals surface area contributed by atoms with Crippen LogP contribution in [0.1, 0.15) is 44.7 Å². The molecule has 1 amide bonds. The molecule has 0 unspecified atom stereocenters. The van der Waals surface area contributed by atoms with Crippen molar-refractivity contribution in [3.05, 3.63) is 41.5 Å². The van der Waals surface area contributed by atoms with Gasteiger partial charge in [-0.05, 0) is 38.8 Å². The number of nitrogens with zero attached hydrogens (tertiary/aromatic N) is 1. The van der Waals surface area contributed by atoms with Crippen LogP contribution in [0.15, 0.2) is 30.3 Å². The molecule has 104 valence electrons. The highest BCUT2D eigenvalue weighted by atomic mass is 16.2. The van der Waals surface area contributed by atoms with Crippen molar-refractivity contribution in [1.29, 1.82) is 0 Å². The number of carbonyl (C=O) groups excluding carboxylic acids is 1. The van der Waals surface area contributed by atoms with Crippen LogP contribution in [-0.2, 0) is 4.79 Å². The maximum absolute atomic E-state index is 12.2. The van der Waals surface area contributed by atoms with Crippen LogP contribution in [0.2, 0.25) is 0 Å². The largest absolute Gasteiger partial charge is 0.337 e. The second kappa shape index (κ2) is 7.78. The Morgan fingerprint density at radius 2 is 2.11 bits per heavy atom. The Bertz CT molecular complexity index is 435. The van der Waals surface area contributed by atoms with Crippen molar-refractivity contribution in [3.8, 4) is 0 Å². The summed E-state index contributed by atoms with van der Waals surface area (Å²) in [6, 6.07) is 8.41. The quantitative estimate of drug-likeness (QED) is 0.706. The molecule has 1 aromatic rings. The Balaban J connectivity index is 2.70. The van der Waals surface area contributed by atoms with Gasteiger partial charge in [0, 0.05) is 18.7 Å². The molecule has 0 spiro atoms. The third-order valence-corrected chi connectivity index (χ3v) is 3.12. The summed E-state index contributed by atoms with van der Waals surface area (Å²) in [4.78, 5) is 14.1. The molecule has 19 heavy (non-hydrogen) atoms. The van der Waals surface area contributed by atoms with E-state index in [4.69, 9.17) is 0 Å². The second-order valence-corrected chi connectivity index (χ2v) is 5.23. The minimum Gasteiger partial charge on any atom is -0.337 e. The molecule has 0 bridgehead atoms. The van der Waals surface area contributed by atoms with E-state index in [1.54, 1.807) is 6.08 Å². The lowest BCUT2D eigenvalue weighted by Crippen LogP contribution is -2.36. The third kappa shape index (κ3) is 5.29. The van der Waals surface area contributed by atoms with E-state index in [2.05, 4.69) is 39.8 Å². The standard InChI is InChI=1S/C17H25NO/c1-5-6-12-18(14(2)3)17(19)11-10-16-9-7-8-15(4)13-16/h7-11,13-14H,5-6,12H2,1-4H3. The molecule has 0 heterocycles. The highest BCUT2D eigenvalue weighted by molar-refractivity contribution is 5.92. The summed E-state index contributed by atoms with van der Waals surface area (Å²) in [5, 5.41) is 0. The van der Waals surface area contributed by atoms with Crippen LogP contribution in [0.5, 0.6) is 0 Å². The van der Waals surface area contributed by atoms with Crippen LogP contribution < -0.4 is 0 Å². The second-order valence-electron chi connectivity index (χ2n) is 5.23. The molecular formula is C17H25NO. The Hall–Kier alpha value is -1.57. The molecule has 1 rings (SSSR count). The Morgan fingerprint density at radius 3 is 2.68 bits per heavy atom. The third-order valence-electron chi connectivity index (χ3n) is 3.12. The van der Waals surface area contributed by atoms with Crippen molar-refractivity contribution in [2.24, 2.45) is 0 Å². The van der Waals surface area contributed by atoms with E-state index in [1.807, 2.05) is 23.1 Å². The smallest absolute Gasteiger partial charge is 0.246 e. The zero-order chi connectivity index (χ0) is 14.3. The van der Waals surface area contributed by atoms with E-state index in [0.717, 1.165) is 24.9 Å². The monoisotopic (exact) mass is 259 g/mol. The van der Waals surface area contributed by atoms with E-state index in [1.165, 1.54) is 5.56 Å². The van der Waals surface area contributed by atoms with Crippen molar-refractivity contribution in [1.82, 2.24) is 4.90 Å². The minimum absolute atomic E-state index is 0.102. The summed E-state index contributed by atoms with van der Waals surface area (Å²) >= 11 is 0. The topological polar surface area (TPSA) is 20.3 Å². The first kappa shape index (κ1) is 15.5. The van der Waals surface area contributed by atoms with E-state index >= 15 is 0 Å².